The first-order valence-corrected chi connectivity index (χ1v) is 7.91. The number of piperidine rings is 1. The minimum Gasteiger partial charge on any atom is -0.377 e. The molecule has 4 heteroatoms. The van der Waals surface area contributed by atoms with Gasteiger partial charge in [0.1, 0.15) is 0 Å². The molecule has 2 rings (SSSR count). The number of nitrogens with one attached hydrogen (secondary N) is 1. The second kappa shape index (κ2) is 7.58. The van der Waals surface area contributed by atoms with E-state index >= 15 is 0 Å². The van der Waals surface area contributed by atoms with E-state index in [9.17, 15) is 0 Å². The summed E-state index contributed by atoms with van der Waals surface area (Å²) in [6.07, 6.45) is 5.45. The lowest BCUT2D eigenvalue weighted by Crippen LogP contribution is -2.62. The van der Waals surface area contributed by atoms with Crippen LogP contribution >= 0.6 is 0 Å². The van der Waals surface area contributed by atoms with Crippen LogP contribution in [0.15, 0.2) is 0 Å². The summed E-state index contributed by atoms with van der Waals surface area (Å²) in [4.78, 5) is 2.58. The van der Waals surface area contributed by atoms with Crippen LogP contribution in [-0.2, 0) is 9.47 Å². The third kappa shape index (κ3) is 3.91. The molecule has 0 aromatic carbocycles. The molecule has 0 amide bonds. The molecule has 1 saturated carbocycles. The average Bonchev–Trinajstić information content (AvgIpc) is 2.40. The number of hydrogen-bond donors (Lipinski definition) is 1. The van der Waals surface area contributed by atoms with Gasteiger partial charge in [-0.05, 0) is 52.2 Å². The third-order valence-corrected chi connectivity index (χ3v) is 4.48. The van der Waals surface area contributed by atoms with Gasteiger partial charge in [-0.3, -0.25) is 0 Å². The zero-order valence-electron chi connectivity index (χ0n) is 12.7. The van der Waals surface area contributed by atoms with Crippen molar-refractivity contribution in [1.82, 2.24) is 10.2 Å². The highest BCUT2D eigenvalue weighted by atomic mass is 16.5. The highest BCUT2D eigenvalue weighted by molar-refractivity contribution is 4.99. The summed E-state index contributed by atoms with van der Waals surface area (Å²) in [6.45, 7) is 8.83. The average molecular weight is 270 g/mol. The molecule has 0 aromatic rings. The second-order valence-electron chi connectivity index (χ2n) is 5.82. The van der Waals surface area contributed by atoms with Gasteiger partial charge in [-0.15, -0.1) is 0 Å². The van der Waals surface area contributed by atoms with Crippen LogP contribution in [0.2, 0.25) is 0 Å². The normalized spacial score (nSPS) is 33.3. The molecule has 3 atom stereocenters. The predicted octanol–water partition coefficient (Wildman–Crippen LogP) is 1.64. The Balaban J connectivity index is 1.68. The van der Waals surface area contributed by atoms with E-state index in [4.69, 9.17) is 9.47 Å². The summed E-state index contributed by atoms with van der Waals surface area (Å²) in [5.74, 6) is 0. The van der Waals surface area contributed by atoms with Crippen LogP contribution < -0.4 is 5.32 Å². The van der Waals surface area contributed by atoms with Gasteiger partial charge >= 0.3 is 0 Å². The molecule has 0 spiro atoms. The minimum atomic E-state index is 0.244. The maximum atomic E-state index is 5.68. The zero-order chi connectivity index (χ0) is 13.7. The number of rotatable bonds is 7. The Bertz CT molecular complexity index is 255. The van der Waals surface area contributed by atoms with E-state index in [0.717, 1.165) is 13.0 Å². The van der Waals surface area contributed by atoms with E-state index in [1.54, 1.807) is 7.11 Å². The van der Waals surface area contributed by atoms with Gasteiger partial charge in [0.15, 0.2) is 0 Å². The smallest absolute Gasteiger partial charge is 0.0986 e. The van der Waals surface area contributed by atoms with Gasteiger partial charge in [0.2, 0.25) is 0 Å². The lowest BCUT2D eigenvalue weighted by atomic mass is 9.84. The van der Waals surface area contributed by atoms with Crippen molar-refractivity contribution >= 4 is 0 Å². The fourth-order valence-electron chi connectivity index (χ4n) is 3.38. The molecule has 1 aliphatic heterocycles. The van der Waals surface area contributed by atoms with Crippen LogP contribution in [0.5, 0.6) is 0 Å². The van der Waals surface area contributed by atoms with Crippen LogP contribution in [0.1, 0.15) is 39.5 Å². The first-order chi connectivity index (χ1) is 9.28. The Labute approximate surface area is 117 Å². The second-order valence-corrected chi connectivity index (χ2v) is 5.82. The first-order valence-electron chi connectivity index (χ1n) is 7.91. The molecule has 0 aromatic heterocycles. The number of hydrogen-bond acceptors (Lipinski definition) is 4. The van der Waals surface area contributed by atoms with Crippen molar-refractivity contribution in [2.75, 3.05) is 33.4 Å². The standard InChI is InChI=1S/C15H30N2O2/c1-4-8-17-9-6-12(7-10-17)16-13-11-14(19-5-2)15(13)18-3/h12-16H,4-11H2,1-3H3. The maximum Gasteiger partial charge on any atom is 0.0986 e. The van der Waals surface area contributed by atoms with Crippen LogP contribution in [0.3, 0.4) is 0 Å². The van der Waals surface area contributed by atoms with E-state index in [1.165, 1.54) is 38.9 Å². The van der Waals surface area contributed by atoms with Crippen molar-refractivity contribution < 1.29 is 9.47 Å². The fraction of sp³-hybridized carbons (Fsp3) is 1.00. The monoisotopic (exact) mass is 270 g/mol. The molecule has 1 saturated heterocycles. The van der Waals surface area contributed by atoms with Gasteiger partial charge in [0.05, 0.1) is 12.2 Å². The van der Waals surface area contributed by atoms with Gasteiger partial charge in [-0.25, -0.2) is 0 Å². The number of ether oxygens (including phenoxy) is 2. The van der Waals surface area contributed by atoms with E-state index in [0.29, 0.717) is 18.2 Å². The largest absolute Gasteiger partial charge is 0.377 e. The molecule has 0 bridgehead atoms. The Morgan fingerprint density at radius 1 is 1.21 bits per heavy atom. The quantitative estimate of drug-likeness (QED) is 0.762. The number of nitrogens with zero attached hydrogens (tertiary/aromatic N) is 1. The van der Waals surface area contributed by atoms with E-state index in [2.05, 4.69) is 24.1 Å². The van der Waals surface area contributed by atoms with Crippen molar-refractivity contribution in [2.45, 2.75) is 63.8 Å². The summed E-state index contributed by atoms with van der Waals surface area (Å²) in [5.41, 5.74) is 0. The Morgan fingerprint density at radius 2 is 1.95 bits per heavy atom. The number of methoxy groups -OCH3 is 1. The van der Waals surface area contributed by atoms with Gasteiger partial charge in [-0.2, -0.15) is 0 Å². The zero-order valence-corrected chi connectivity index (χ0v) is 12.7. The van der Waals surface area contributed by atoms with E-state index in [1.807, 2.05) is 0 Å². The van der Waals surface area contributed by atoms with Crippen molar-refractivity contribution in [1.29, 1.82) is 0 Å². The van der Waals surface area contributed by atoms with Gasteiger partial charge in [-0.1, -0.05) is 6.92 Å². The molecule has 3 unspecified atom stereocenters. The lowest BCUT2D eigenvalue weighted by Gasteiger charge is -2.46. The SMILES string of the molecule is CCCN1CCC(NC2CC(OCC)C2OC)CC1. The molecular weight excluding hydrogens is 240 g/mol. The first kappa shape index (κ1) is 15.2. The third-order valence-electron chi connectivity index (χ3n) is 4.48. The molecule has 2 aliphatic rings. The van der Waals surface area contributed by atoms with Crippen LogP contribution in [0.25, 0.3) is 0 Å². The summed E-state index contributed by atoms with van der Waals surface area (Å²) in [6, 6.07) is 1.16. The Kier molecular flexibility index (Phi) is 6.07. The fourth-order valence-corrected chi connectivity index (χ4v) is 3.38. The van der Waals surface area contributed by atoms with Crippen LogP contribution in [0, 0.1) is 0 Å². The van der Waals surface area contributed by atoms with Crippen LogP contribution in [-0.4, -0.2) is 62.5 Å². The summed E-state index contributed by atoms with van der Waals surface area (Å²) in [7, 11) is 1.80. The molecule has 0 radical (unpaired) electrons. The molecule has 1 heterocycles. The lowest BCUT2D eigenvalue weighted by molar-refractivity contribution is -0.134. The topological polar surface area (TPSA) is 33.7 Å². The highest BCUT2D eigenvalue weighted by Gasteiger charge is 2.42. The summed E-state index contributed by atoms with van der Waals surface area (Å²) in [5, 5.41) is 3.78. The Morgan fingerprint density at radius 3 is 2.53 bits per heavy atom. The van der Waals surface area contributed by atoms with Crippen molar-refractivity contribution in [3.63, 3.8) is 0 Å². The van der Waals surface area contributed by atoms with Crippen molar-refractivity contribution in [3.8, 4) is 0 Å². The Hall–Kier alpha value is -0.160. The molecule has 19 heavy (non-hydrogen) atoms. The van der Waals surface area contributed by atoms with Gasteiger partial charge < -0.3 is 19.7 Å². The summed E-state index contributed by atoms with van der Waals surface area (Å²) >= 11 is 0. The molecule has 2 fully saturated rings. The number of likely N-dealkylation sites (tertiary alicyclic amines) is 1. The van der Waals surface area contributed by atoms with Crippen LogP contribution in [0.4, 0.5) is 0 Å². The summed E-state index contributed by atoms with van der Waals surface area (Å²) < 4.78 is 11.2. The van der Waals surface area contributed by atoms with E-state index in [-0.39, 0.29) is 6.10 Å². The minimum absolute atomic E-state index is 0.244. The maximum absolute atomic E-state index is 5.68. The van der Waals surface area contributed by atoms with Gasteiger partial charge in [0, 0.05) is 25.8 Å². The highest BCUT2D eigenvalue weighted by Crippen LogP contribution is 2.28. The molecule has 4 nitrogen and oxygen atoms in total. The molecule has 1 aliphatic carbocycles. The van der Waals surface area contributed by atoms with Gasteiger partial charge in [0.25, 0.3) is 0 Å². The van der Waals surface area contributed by atoms with Crippen molar-refractivity contribution in [2.24, 2.45) is 0 Å². The molecule has 1 N–H and O–H groups in total. The predicted molar refractivity (Wildman–Crippen MR) is 77.5 cm³/mol. The van der Waals surface area contributed by atoms with E-state index < -0.39 is 0 Å². The van der Waals surface area contributed by atoms with Crippen molar-refractivity contribution in [3.05, 3.63) is 0 Å². The molecular formula is C15H30N2O2. The molecule has 112 valence electrons.